The van der Waals surface area contributed by atoms with Gasteiger partial charge in [-0.2, -0.15) is 5.10 Å². The second-order valence-electron chi connectivity index (χ2n) is 19.7. The second-order valence-corrected chi connectivity index (χ2v) is 19.7. The molecule has 4 heterocycles. The predicted octanol–water partition coefficient (Wildman–Crippen LogP) is 6.43. The number of carbonyl (C=O) groups is 2. The summed E-state index contributed by atoms with van der Waals surface area (Å²) in [7, 11) is 5.87. The molecule has 2 aromatic heterocycles. The van der Waals surface area contributed by atoms with Crippen LogP contribution in [-0.4, -0.2) is 145 Å². The van der Waals surface area contributed by atoms with Gasteiger partial charge in [0.1, 0.15) is 24.2 Å². The summed E-state index contributed by atoms with van der Waals surface area (Å²) >= 11 is 0. The molecular formula is C53H76N10O5. The zero-order valence-electron chi connectivity index (χ0n) is 41.0. The maximum Gasteiger partial charge on any atom is 0.245 e. The van der Waals surface area contributed by atoms with Crippen molar-refractivity contribution in [1.29, 1.82) is 0 Å². The van der Waals surface area contributed by atoms with Gasteiger partial charge in [0, 0.05) is 52.0 Å². The summed E-state index contributed by atoms with van der Waals surface area (Å²) < 4.78 is 20.1. The van der Waals surface area contributed by atoms with Crippen molar-refractivity contribution in [2.24, 2.45) is 11.8 Å². The first kappa shape index (κ1) is 49.3. The topological polar surface area (TPSA) is 151 Å². The first-order valence-corrected chi connectivity index (χ1v) is 25.5. The Kier molecular flexibility index (Phi) is 17.7. The van der Waals surface area contributed by atoms with Crippen molar-refractivity contribution in [3.8, 4) is 17.0 Å². The van der Waals surface area contributed by atoms with Crippen molar-refractivity contribution < 1.29 is 23.8 Å². The molecular weight excluding hydrogens is 857 g/mol. The molecule has 0 bridgehead atoms. The van der Waals surface area contributed by atoms with E-state index in [2.05, 4.69) is 72.0 Å². The van der Waals surface area contributed by atoms with Crippen molar-refractivity contribution in [3.63, 3.8) is 0 Å². The Morgan fingerprint density at radius 1 is 0.853 bits per heavy atom. The summed E-state index contributed by atoms with van der Waals surface area (Å²) in [5, 5.41) is 14.5. The molecule has 3 N–H and O–H groups in total. The van der Waals surface area contributed by atoms with Crippen LogP contribution < -0.4 is 25.6 Å². The molecule has 368 valence electrons. The molecule has 8 rings (SSSR count). The quantitative estimate of drug-likeness (QED) is 0.0746. The SMILES string of the molecule is CN[C@@H](C)C(=O)NC(C(=O)N1CC[C@@H]2CCN(CCc3ccc(OCCOCCOC4CCC(Nc5nccc(-c6cnn(Cc7ccccc7)c6N(C)C)n5)CC4)cc3)C[C@@H]21)C1CCCCC1. The van der Waals surface area contributed by atoms with Crippen molar-refractivity contribution >= 4 is 23.6 Å². The van der Waals surface area contributed by atoms with E-state index in [1.807, 2.05) is 62.4 Å². The highest BCUT2D eigenvalue weighted by Gasteiger charge is 2.44. The Morgan fingerprint density at radius 3 is 2.38 bits per heavy atom. The van der Waals surface area contributed by atoms with Gasteiger partial charge in [0.25, 0.3) is 0 Å². The molecule has 15 heteroatoms. The van der Waals surface area contributed by atoms with Crippen LogP contribution in [-0.2, 0) is 32.0 Å². The minimum absolute atomic E-state index is 0.0857. The summed E-state index contributed by atoms with van der Waals surface area (Å²) in [5.74, 6) is 3.29. The van der Waals surface area contributed by atoms with Crippen LogP contribution in [0.15, 0.2) is 73.1 Å². The number of likely N-dealkylation sites (tertiary alicyclic amines) is 2. The van der Waals surface area contributed by atoms with Crippen LogP contribution in [0, 0.1) is 11.8 Å². The number of hydrogen-bond donors (Lipinski definition) is 3. The third kappa shape index (κ3) is 13.2. The molecule has 1 unspecified atom stereocenters. The van der Waals surface area contributed by atoms with Crippen molar-refractivity contribution in [1.82, 2.24) is 40.2 Å². The molecule has 4 aliphatic rings. The van der Waals surface area contributed by atoms with Gasteiger partial charge >= 0.3 is 0 Å². The number of fused-ring (bicyclic) bond motifs is 1. The smallest absolute Gasteiger partial charge is 0.245 e. The van der Waals surface area contributed by atoms with Crippen molar-refractivity contribution in [3.05, 3.63) is 84.2 Å². The first-order valence-electron chi connectivity index (χ1n) is 25.5. The molecule has 68 heavy (non-hydrogen) atoms. The number of hydrogen-bond acceptors (Lipinski definition) is 12. The molecule has 4 aromatic rings. The maximum atomic E-state index is 14.2. The lowest BCUT2D eigenvalue weighted by molar-refractivity contribution is -0.140. The summed E-state index contributed by atoms with van der Waals surface area (Å²) in [6, 6.07) is 20.5. The minimum Gasteiger partial charge on any atom is -0.491 e. The number of nitrogens with one attached hydrogen (secondary N) is 3. The Labute approximate surface area is 404 Å². The summed E-state index contributed by atoms with van der Waals surface area (Å²) in [4.78, 5) is 43.5. The molecule has 15 nitrogen and oxygen atoms in total. The van der Waals surface area contributed by atoms with Crippen LogP contribution >= 0.6 is 0 Å². The highest BCUT2D eigenvalue weighted by Crippen LogP contribution is 2.35. The van der Waals surface area contributed by atoms with E-state index < -0.39 is 6.04 Å². The van der Waals surface area contributed by atoms with Gasteiger partial charge in [-0.05, 0) is 119 Å². The normalized spacial score (nSPS) is 22.0. The second kappa shape index (κ2) is 24.5. The predicted molar refractivity (Wildman–Crippen MR) is 267 cm³/mol. The van der Waals surface area contributed by atoms with Gasteiger partial charge < -0.3 is 44.9 Å². The van der Waals surface area contributed by atoms with Crippen LogP contribution in [0.25, 0.3) is 11.3 Å². The molecule has 0 spiro atoms. The number of nitrogens with zero attached hydrogens (tertiary/aromatic N) is 7. The molecule has 4 atom stereocenters. The number of piperidine rings is 1. The first-order chi connectivity index (χ1) is 33.2. The number of likely N-dealkylation sites (N-methyl/N-ethyl adjacent to an activating group) is 1. The Hall–Kier alpha value is -5.09. The van der Waals surface area contributed by atoms with Crippen LogP contribution in [0.4, 0.5) is 11.8 Å². The van der Waals surface area contributed by atoms with E-state index in [0.717, 1.165) is 120 Å². The monoisotopic (exact) mass is 933 g/mol. The molecule has 2 saturated heterocycles. The van der Waals surface area contributed by atoms with Gasteiger partial charge in [0.2, 0.25) is 17.8 Å². The number of ether oxygens (including phenoxy) is 3. The van der Waals surface area contributed by atoms with Gasteiger partial charge in [0.15, 0.2) is 0 Å². The molecule has 2 aliphatic heterocycles. The average Bonchev–Trinajstić information content (AvgIpc) is 4.00. The van der Waals surface area contributed by atoms with Crippen LogP contribution in [0.1, 0.15) is 88.7 Å². The Balaban J connectivity index is 0.696. The highest BCUT2D eigenvalue weighted by atomic mass is 16.5. The third-order valence-electron chi connectivity index (χ3n) is 14.8. The average molecular weight is 933 g/mol. The van der Waals surface area contributed by atoms with E-state index in [-0.39, 0.29) is 35.9 Å². The van der Waals surface area contributed by atoms with E-state index in [9.17, 15) is 9.59 Å². The molecule has 2 aromatic carbocycles. The van der Waals surface area contributed by atoms with Gasteiger partial charge in [-0.15, -0.1) is 0 Å². The third-order valence-corrected chi connectivity index (χ3v) is 14.8. The van der Waals surface area contributed by atoms with E-state index in [1.54, 1.807) is 7.05 Å². The lowest BCUT2D eigenvalue weighted by Gasteiger charge is -2.41. The number of amides is 2. The number of benzene rings is 2. The fourth-order valence-electron chi connectivity index (χ4n) is 10.8. The van der Waals surface area contributed by atoms with Crippen LogP contribution in [0.2, 0.25) is 0 Å². The molecule has 4 fully saturated rings. The highest BCUT2D eigenvalue weighted by molar-refractivity contribution is 5.90. The summed E-state index contributed by atoms with van der Waals surface area (Å²) in [6.45, 7) is 8.34. The lowest BCUT2D eigenvalue weighted by atomic mass is 9.83. The number of aromatic nitrogens is 4. The molecule has 2 aliphatic carbocycles. The summed E-state index contributed by atoms with van der Waals surface area (Å²) in [6.07, 6.45) is 16.5. The van der Waals surface area contributed by atoms with Crippen molar-refractivity contribution in [2.75, 3.05) is 84.0 Å². The zero-order valence-corrected chi connectivity index (χ0v) is 41.0. The van der Waals surface area contributed by atoms with Crippen LogP contribution in [0.3, 0.4) is 0 Å². The standard InChI is InChI=1S/C53H76N10O5/c1-38(54-2)50(64)59-49(42-13-9-6-10-14-42)52(65)62-30-26-41-25-29-61(37-48(41)62)28-24-39-15-19-44(20-16-39)67-33-31-66-32-34-68-45-21-17-43(18-22-45)57-53-55-27-23-47(58-53)46-35-56-63(51(46)60(3)4)36-40-11-7-5-8-12-40/h5,7-8,11-12,15-16,19-20,23,27,35,38,41-43,45,48-49,54H,6,9-10,13-14,17-18,21-22,24-26,28-34,36-37H2,1-4H3,(H,59,64)(H,55,57,58)/t38-,41-,43?,45?,48-,49?/m0/s1. The number of anilines is 2. The minimum atomic E-state index is -0.431. The van der Waals surface area contributed by atoms with E-state index in [1.165, 1.54) is 17.5 Å². The molecule has 2 saturated carbocycles. The lowest BCUT2D eigenvalue weighted by Crippen LogP contribution is -2.58. The van der Waals surface area contributed by atoms with Gasteiger partial charge in [-0.1, -0.05) is 61.7 Å². The Bertz CT molecular complexity index is 2170. The van der Waals surface area contributed by atoms with Crippen LogP contribution in [0.5, 0.6) is 5.75 Å². The maximum absolute atomic E-state index is 14.2. The van der Waals surface area contributed by atoms with Gasteiger partial charge in [-0.25, -0.2) is 14.6 Å². The van der Waals surface area contributed by atoms with Gasteiger partial charge in [0.05, 0.1) is 56.0 Å². The van der Waals surface area contributed by atoms with Crippen molar-refractivity contribution in [2.45, 2.75) is 121 Å². The van der Waals surface area contributed by atoms with E-state index >= 15 is 0 Å². The van der Waals surface area contributed by atoms with Gasteiger partial charge in [-0.3, -0.25) is 9.59 Å². The number of rotatable bonds is 22. The van der Waals surface area contributed by atoms with E-state index in [4.69, 9.17) is 24.3 Å². The fraction of sp³-hybridized carbons (Fsp3) is 0.604. The fourth-order valence-corrected chi connectivity index (χ4v) is 10.8. The Morgan fingerprint density at radius 2 is 1.62 bits per heavy atom. The summed E-state index contributed by atoms with van der Waals surface area (Å²) in [5.41, 5.74) is 4.30. The van der Waals surface area contributed by atoms with E-state index in [0.29, 0.717) is 50.9 Å². The number of carbonyl (C=O) groups excluding carboxylic acids is 2. The largest absolute Gasteiger partial charge is 0.491 e. The molecule has 0 radical (unpaired) electrons. The zero-order chi connectivity index (χ0) is 47.2. The molecule has 2 amide bonds.